The molecule has 0 aromatic heterocycles. The number of carbonyl (C=O) groups excluding carboxylic acids is 3. The predicted molar refractivity (Wildman–Crippen MR) is 108 cm³/mol. The number of benzene rings is 1. The Morgan fingerprint density at radius 2 is 1.37 bits per heavy atom. The lowest BCUT2D eigenvalue weighted by Gasteiger charge is -2.28. The Bertz CT molecular complexity index is 653. The summed E-state index contributed by atoms with van der Waals surface area (Å²) in [6, 6.07) is 6.38. The Labute approximate surface area is 163 Å². The van der Waals surface area contributed by atoms with Gasteiger partial charge in [-0.15, -0.1) is 0 Å². The number of hydrogen-bond donors (Lipinski definition) is 1. The van der Waals surface area contributed by atoms with Crippen LogP contribution in [0.4, 0.5) is 0 Å². The summed E-state index contributed by atoms with van der Waals surface area (Å²) in [5.74, 6) is -2.19. The highest BCUT2D eigenvalue weighted by atomic mass is 16.2. The number of nitrogens with one attached hydrogen (secondary N) is 1. The van der Waals surface area contributed by atoms with Crippen molar-refractivity contribution in [3.63, 3.8) is 0 Å². The standard InChI is InChI=1S/C23H33NO3/c1-3-4-5-6-7-8-9-10-11-16-19(24-2)20-21(25)17-14-12-13-15-18(17)22(26)23(20)27/h12-15,19-20,24H,3-11,16H2,1-2H3. The average Bonchev–Trinajstić information content (AvgIpc) is 2.69. The molecule has 1 aliphatic carbocycles. The molecule has 4 nitrogen and oxygen atoms in total. The number of hydrogen-bond acceptors (Lipinski definition) is 4. The Morgan fingerprint density at radius 3 is 1.96 bits per heavy atom. The second kappa shape index (κ2) is 11.1. The SMILES string of the molecule is CCCCCCCCCCCC(NC)C1C(=O)C(=O)c2ccccc2C1=O. The van der Waals surface area contributed by atoms with Crippen molar-refractivity contribution in [1.29, 1.82) is 0 Å². The van der Waals surface area contributed by atoms with Crippen molar-refractivity contribution in [3.05, 3.63) is 35.4 Å². The maximum absolute atomic E-state index is 12.8. The van der Waals surface area contributed by atoms with Crippen LogP contribution in [0.2, 0.25) is 0 Å². The number of fused-ring (bicyclic) bond motifs is 1. The maximum Gasteiger partial charge on any atom is 0.230 e. The normalized spacial score (nSPS) is 17.9. The largest absolute Gasteiger partial charge is 0.316 e. The lowest BCUT2D eigenvalue weighted by molar-refractivity contribution is -0.118. The molecule has 0 saturated carbocycles. The van der Waals surface area contributed by atoms with Crippen molar-refractivity contribution in [3.8, 4) is 0 Å². The summed E-state index contributed by atoms with van der Waals surface area (Å²) >= 11 is 0. The molecule has 1 aromatic rings. The second-order valence-electron chi connectivity index (χ2n) is 7.59. The molecule has 0 radical (unpaired) electrons. The van der Waals surface area contributed by atoms with E-state index in [-0.39, 0.29) is 17.4 Å². The van der Waals surface area contributed by atoms with Gasteiger partial charge in [-0.25, -0.2) is 0 Å². The number of ketones is 3. The van der Waals surface area contributed by atoms with Crippen LogP contribution in [0, 0.1) is 5.92 Å². The van der Waals surface area contributed by atoms with E-state index in [4.69, 9.17) is 0 Å². The Hall–Kier alpha value is -1.81. The summed E-state index contributed by atoms with van der Waals surface area (Å²) in [6.07, 6.45) is 11.8. The molecule has 0 heterocycles. The zero-order valence-corrected chi connectivity index (χ0v) is 16.8. The fourth-order valence-electron chi connectivity index (χ4n) is 3.97. The van der Waals surface area contributed by atoms with Gasteiger partial charge in [0, 0.05) is 17.2 Å². The predicted octanol–water partition coefficient (Wildman–Crippen LogP) is 4.76. The van der Waals surface area contributed by atoms with Crippen LogP contribution in [0.5, 0.6) is 0 Å². The molecule has 0 fully saturated rings. The van der Waals surface area contributed by atoms with Gasteiger partial charge in [0.05, 0.1) is 0 Å². The van der Waals surface area contributed by atoms with Gasteiger partial charge in [0.1, 0.15) is 5.92 Å². The minimum Gasteiger partial charge on any atom is -0.316 e. The molecule has 0 amide bonds. The van der Waals surface area contributed by atoms with Crippen LogP contribution in [-0.2, 0) is 4.79 Å². The number of unbranched alkanes of at least 4 members (excludes halogenated alkanes) is 8. The third kappa shape index (κ3) is 5.58. The third-order valence-corrected chi connectivity index (χ3v) is 5.62. The van der Waals surface area contributed by atoms with E-state index in [1.54, 1.807) is 31.3 Å². The van der Waals surface area contributed by atoms with Crippen molar-refractivity contribution in [2.45, 2.75) is 77.2 Å². The molecule has 2 atom stereocenters. The first-order chi connectivity index (χ1) is 13.1. The zero-order chi connectivity index (χ0) is 19.6. The van der Waals surface area contributed by atoms with Gasteiger partial charge in [0.15, 0.2) is 5.78 Å². The van der Waals surface area contributed by atoms with Gasteiger partial charge in [-0.2, -0.15) is 0 Å². The van der Waals surface area contributed by atoms with E-state index < -0.39 is 17.5 Å². The summed E-state index contributed by atoms with van der Waals surface area (Å²) in [6.45, 7) is 2.23. The molecule has 1 N–H and O–H groups in total. The van der Waals surface area contributed by atoms with Crippen molar-refractivity contribution in [1.82, 2.24) is 5.32 Å². The van der Waals surface area contributed by atoms with Crippen molar-refractivity contribution < 1.29 is 14.4 Å². The molecule has 0 spiro atoms. The van der Waals surface area contributed by atoms with Crippen LogP contribution in [0.15, 0.2) is 24.3 Å². The highest BCUT2D eigenvalue weighted by molar-refractivity contribution is 6.52. The first-order valence-corrected chi connectivity index (χ1v) is 10.5. The van der Waals surface area contributed by atoms with Crippen LogP contribution >= 0.6 is 0 Å². The average molecular weight is 372 g/mol. The van der Waals surface area contributed by atoms with Gasteiger partial charge >= 0.3 is 0 Å². The molecule has 0 bridgehead atoms. The Balaban J connectivity index is 1.84. The fourth-order valence-corrected chi connectivity index (χ4v) is 3.97. The molecule has 0 saturated heterocycles. The van der Waals surface area contributed by atoms with Crippen LogP contribution in [0.25, 0.3) is 0 Å². The van der Waals surface area contributed by atoms with E-state index in [9.17, 15) is 14.4 Å². The minimum atomic E-state index is -0.883. The summed E-state index contributed by atoms with van der Waals surface area (Å²) < 4.78 is 0. The van der Waals surface area contributed by atoms with Crippen molar-refractivity contribution >= 4 is 17.3 Å². The van der Waals surface area contributed by atoms with E-state index in [1.807, 2.05) is 0 Å². The van der Waals surface area contributed by atoms with Crippen LogP contribution < -0.4 is 5.32 Å². The highest BCUT2D eigenvalue weighted by Crippen LogP contribution is 2.27. The number of rotatable bonds is 12. The smallest absolute Gasteiger partial charge is 0.230 e. The molecule has 0 aliphatic heterocycles. The Morgan fingerprint density at radius 1 is 0.815 bits per heavy atom. The van der Waals surface area contributed by atoms with Gasteiger partial charge in [-0.05, 0) is 13.5 Å². The molecule has 4 heteroatoms. The maximum atomic E-state index is 12.8. The van der Waals surface area contributed by atoms with Gasteiger partial charge in [0.25, 0.3) is 0 Å². The van der Waals surface area contributed by atoms with E-state index in [1.165, 1.54) is 44.9 Å². The summed E-state index contributed by atoms with van der Waals surface area (Å²) in [7, 11) is 1.77. The second-order valence-corrected chi connectivity index (χ2v) is 7.59. The first kappa shape index (κ1) is 21.5. The van der Waals surface area contributed by atoms with E-state index >= 15 is 0 Å². The third-order valence-electron chi connectivity index (χ3n) is 5.62. The molecule has 1 aliphatic rings. The lowest BCUT2D eigenvalue weighted by Crippen LogP contribution is -2.48. The molecule has 148 valence electrons. The summed E-state index contributed by atoms with van der Waals surface area (Å²) in [5.41, 5.74) is 0.640. The monoisotopic (exact) mass is 371 g/mol. The van der Waals surface area contributed by atoms with E-state index in [0.717, 1.165) is 19.3 Å². The molecular formula is C23H33NO3. The van der Waals surface area contributed by atoms with Gasteiger partial charge in [0.2, 0.25) is 11.6 Å². The number of carbonyl (C=O) groups is 3. The number of Topliss-reactive ketones (excluding diaryl/α,β-unsaturated/α-hetero) is 3. The molecule has 1 aromatic carbocycles. The summed E-state index contributed by atoms with van der Waals surface area (Å²) in [4.78, 5) is 37.8. The quantitative estimate of drug-likeness (QED) is 0.327. The molecule has 2 rings (SSSR count). The van der Waals surface area contributed by atoms with E-state index in [0.29, 0.717) is 5.56 Å². The summed E-state index contributed by atoms with van der Waals surface area (Å²) in [5, 5.41) is 3.12. The van der Waals surface area contributed by atoms with Crippen molar-refractivity contribution in [2.75, 3.05) is 7.05 Å². The lowest BCUT2D eigenvalue weighted by atomic mass is 9.76. The van der Waals surface area contributed by atoms with Crippen LogP contribution in [0.3, 0.4) is 0 Å². The fraction of sp³-hybridized carbons (Fsp3) is 0.609. The van der Waals surface area contributed by atoms with Crippen molar-refractivity contribution in [2.24, 2.45) is 5.92 Å². The topological polar surface area (TPSA) is 63.2 Å². The van der Waals surface area contributed by atoms with E-state index in [2.05, 4.69) is 12.2 Å². The Kier molecular flexibility index (Phi) is 8.86. The highest BCUT2D eigenvalue weighted by Gasteiger charge is 2.43. The molecule has 2 unspecified atom stereocenters. The zero-order valence-electron chi connectivity index (χ0n) is 16.8. The molecule has 27 heavy (non-hydrogen) atoms. The van der Waals surface area contributed by atoms with Gasteiger partial charge < -0.3 is 5.32 Å². The molecular weight excluding hydrogens is 338 g/mol. The van der Waals surface area contributed by atoms with Gasteiger partial charge in [-0.3, -0.25) is 14.4 Å². The first-order valence-electron chi connectivity index (χ1n) is 10.5. The minimum absolute atomic E-state index is 0.217. The van der Waals surface area contributed by atoms with Crippen LogP contribution in [-0.4, -0.2) is 30.4 Å². The van der Waals surface area contributed by atoms with Gasteiger partial charge in [-0.1, -0.05) is 89.0 Å². The van der Waals surface area contributed by atoms with Crippen LogP contribution in [0.1, 0.15) is 91.8 Å².